The Labute approximate surface area is 92.1 Å². The van der Waals surface area contributed by atoms with Gasteiger partial charge in [-0.3, -0.25) is 4.68 Å². The fourth-order valence-electron chi connectivity index (χ4n) is 1.64. The van der Waals surface area contributed by atoms with E-state index in [1.165, 1.54) is 0 Å². The van der Waals surface area contributed by atoms with Gasteiger partial charge in [0.25, 0.3) is 0 Å². The standard InChI is InChI=1S/C11H22N4/c1-7(2)10-9(12)11(15(6)13-10)14(5)8(3)4/h7-8H,12H2,1-6H3. The molecular weight excluding hydrogens is 188 g/mol. The minimum absolute atomic E-state index is 0.366. The van der Waals surface area contributed by atoms with Gasteiger partial charge in [-0.05, 0) is 19.8 Å². The molecule has 0 bridgehead atoms. The summed E-state index contributed by atoms with van der Waals surface area (Å²) in [6.45, 7) is 8.50. The molecule has 1 aromatic heterocycles. The van der Waals surface area contributed by atoms with Gasteiger partial charge in [0.1, 0.15) is 5.82 Å². The molecule has 0 saturated heterocycles. The van der Waals surface area contributed by atoms with Crippen LogP contribution >= 0.6 is 0 Å². The van der Waals surface area contributed by atoms with Crippen LogP contribution in [0.2, 0.25) is 0 Å². The highest BCUT2D eigenvalue weighted by Gasteiger charge is 2.19. The molecule has 0 aliphatic heterocycles. The summed E-state index contributed by atoms with van der Waals surface area (Å²) < 4.78 is 1.87. The molecule has 0 fully saturated rings. The molecule has 86 valence electrons. The third kappa shape index (κ3) is 2.08. The highest BCUT2D eigenvalue weighted by Crippen LogP contribution is 2.30. The Morgan fingerprint density at radius 1 is 1.27 bits per heavy atom. The molecule has 0 aliphatic rings. The molecule has 0 unspecified atom stereocenters. The van der Waals surface area contributed by atoms with E-state index in [1.54, 1.807) is 0 Å². The fraction of sp³-hybridized carbons (Fsp3) is 0.727. The van der Waals surface area contributed by atoms with Crippen molar-refractivity contribution in [1.29, 1.82) is 0 Å². The molecule has 15 heavy (non-hydrogen) atoms. The molecule has 0 spiro atoms. The molecule has 0 radical (unpaired) electrons. The van der Waals surface area contributed by atoms with Gasteiger partial charge in [-0.1, -0.05) is 13.8 Å². The van der Waals surface area contributed by atoms with Crippen LogP contribution in [0.15, 0.2) is 0 Å². The monoisotopic (exact) mass is 210 g/mol. The van der Waals surface area contributed by atoms with Gasteiger partial charge in [0, 0.05) is 20.1 Å². The van der Waals surface area contributed by atoms with E-state index in [0.29, 0.717) is 12.0 Å². The first-order valence-electron chi connectivity index (χ1n) is 5.41. The van der Waals surface area contributed by atoms with Crippen molar-refractivity contribution in [2.24, 2.45) is 7.05 Å². The maximum atomic E-state index is 6.12. The van der Waals surface area contributed by atoms with Crippen LogP contribution in [0.3, 0.4) is 0 Å². The van der Waals surface area contributed by atoms with Crippen LogP contribution in [0.1, 0.15) is 39.3 Å². The van der Waals surface area contributed by atoms with E-state index in [1.807, 2.05) is 18.8 Å². The van der Waals surface area contributed by atoms with Gasteiger partial charge < -0.3 is 10.6 Å². The zero-order valence-corrected chi connectivity index (χ0v) is 10.6. The molecular formula is C11H22N4. The van der Waals surface area contributed by atoms with Crippen molar-refractivity contribution in [3.63, 3.8) is 0 Å². The zero-order chi connectivity index (χ0) is 11.7. The number of aryl methyl sites for hydroxylation is 1. The normalized spacial score (nSPS) is 11.5. The molecule has 0 atom stereocenters. The summed E-state index contributed by atoms with van der Waals surface area (Å²) in [4.78, 5) is 2.15. The number of anilines is 2. The first kappa shape index (κ1) is 11.9. The van der Waals surface area contributed by atoms with Crippen molar-refractivity contribution < 1.29 is 0 Å². The lowest BCUT2D eigenvalue weighted by Gasteiger charge is -2.24. The maximum Gasteiger partial charge on any atom is 0.150 e. The number of rotatable bonds is 3. The number of nitrogens with zero attached hydrogens (tertiary/aromatic N) is 3. The van der Waals surface area contributed by atoms with Gasteiger partial charge in [0.15, 0.2) is 0 Å². The van der Waals surface area contributed by atoms with Crippen LogP contribution in [0.5, 0.6) is 0 Å². The van der Waals surface area contributed by atoms with Crippen molar-refractivity contribution in [3.8, 4) is 0 Å². The predicted molar refractivity (Wildman–Crippen MR) is 65.2 cm³/mol. The van der Waals surface area contributed by atoms with E-state index < -0.39 is 0 Å². The van der Waals surface area contributed by atoms with Crippen LogP contribution in [0.4, 0.5) is 11.5 Å². The van der Waals surface area contributed by atoms with E-state index >= 15 is 0 Å². The van der Waals surface area contributed by atoms with E-state index in [9.17, 15) is 0 Å². The van der Waals surface area contributed by atoms with Gasteiger partial charge in [-0.15, -0.1) is 0 Å². The second-order valence-corrected chi connectivity index (χ2v) is 4.61. The van der Waals surface area contributed by atoms with Crippen molar-refractivity contribution >= 4 is 11.5 Å². The Hall–Kier alpha value is -1.19. The Balaban J connectivity index is 3.19. The number of aromatic nitrogens is 2. The lowest BCUT2D eigenvalue weighted by atomic mass is 10.1. The summed E-state index contributed by atoms with van der Waals surface area (Å²) in [5.74, 6) is 1.37. The van der Waals surface area contributed by atoms with Crippen LogP contribution in [0, 0.1) is 0 Å². The number of nitrogens with two attached hydrogens (primary N) is 1. The lowest BCUT2D eigenvalue weighted by Crippen LogP contribution is -2.28. The maximum absolute atomic E-state index is 6.12. The predicted octanol–water partition coefficient (Wildman–Crippen LogP) is 1.97. The highest BCUT2D eigenvalue weighted by atomic mass is 15.4. The summed E-state index contributed by atoms with van der Waals surface area (Å²) in [6, 6.07) is 0.419. The molecule has 4 heteroatoms. The average Bonchev–Trinajstić information content (AvgIpc) is 2.41. The second-order valence-electron chi connectivity index (χ2n) is 4.61. The summed E-state index contributed by atoms with van der Waals surface area (Å²) in [5.41, 5.74) is 7.91. The van der Waals surface area contributed by atoms with Crippen molar-refractivity contribution in [1.82, 2.24) is 9.78 Å². The molecule has 0 aliphatic carbocycles. The Bertz CT molecular complexity index is 339. The Morgan fingerprint density at radius 2 is 1.80 bits per heavy atom. The fourth-order valence-corrected chi connectivity index (χ4v) is 1.64. The van der Waals surface area contributed by atoms with Gasteiger partial charge in [-0.25, -0.2) is 0 Å². The SMILES string of the molecule is CC(C)c1nn(C)c(N(C)C(C)C)c1N. The molecule has 1 rings (SSSR count). The van der Waals surface area contributed by atoms with E-state index in [2.05, 4.69) is 37.7 Å². The van der Waals surface area contributed by atoms with Crippen LogP contribution in [0.25, 0.3) is 0 Å². The summed E-state index contributed by atoms with van der Waals surface area (Å²) >= 11 is 0. The van der Waals surface area contributed by atoms with Crippen LogP contribution in [-0.4, -0.2) is 22.9 Å². The Morgan fingerprint density at radius 3 is 2.13 bits per heavy atom. The molecule has 0 saturated carbocycles. The number of nitrogen functional groups attached to an aromatic ring is 1. The first-order valence-corrected chi connectivity index (χ1v) is 5.41. The first-order chi connectivity index (χ1) is 6.86. The van der Waals surface area contributed by atoms with Crippen LogP contribution in [-0.2, 0) is 7.05 Å². The van der Waals surface area contributed by atoms with Crippen molar-refractivity contribution in [2.45, 2.75) is 39.7 Å². The summed E-state index contributed by atoms with van der Waals surface area (Å²) in [7, 11) is 3.98. The smallest absolute Gasteiger partial charge is 0.150 e. The molecule has 4 nitrogen and oxygen atoms in total. The second kappa shape index (κ2) is 4.13. The highest BCUT2D eigenvalue weighted by molar-refractivity contribution is 5.67. The van der Waals surface area contributed by atoms with Gasteiger partial charge >= 0.3 is 0 Å². The third-order valence-electron chi connectivity index (χ3n) is 2.74. The number of hydrogen-bond acceptors (Lipinski definition) is 3. The van der Waals surface area contributed by atoms with Crippen molar-refractivity contribution in [2.75, 3.05) is 17.7 Å². The topological polar surface area (TPSA) is 47.1 Å². The minimum Gasteiger partial charge on any atom is -0.394 e. The Kier molecular flexibility index (Phi) is 3.27. The minimum atomic E-state index is 0.366. The van der Waals surface area contributed by atoms with Gasteiger partial charge in [-0.2, -0.15) is 5.10 Å². The molecule has 0 aromatic carbocycles. The lowest BCUT2D eigenvalue weighted by molar-refractivity contribution is 0.670. The van der Waals surface area contributed by atoms with Gasteiger partial charge in [0.05, 0.1) is 11.4 Å². The summed E-state index contributed by atoms with van der Waals surface area (Å²) in [5, 5.41) is 4.46. The van der Waals surface area contributed by atoms with E-state index in [0.717, 1.165) is 17.2 Å². The van der Waals surface area contributed by atoms with Gasteiger partial charge in [0.2, 0.25) is 0 Å². The molecule has 1 heterocycles. The van der Waals surface area contributed by atoms with E-state index in [-0.39, 0.29) is 0 Å². The quantitative estimate of drug-likeness (QED) is 0.829. The number of hydrogen-bond donors (Lipinski definition) is 1. The molecule has 0 amide bonds. The summed E-state index contributed by atoms with van der Waals surface area (Å²) in [6.07, 6.45) is 0. The largest absolute Gasteiger partial charge is 0.394 e. The third-order valence-corrected chi connectivity index (χ3v) is 2.74. The average molecular weight is 210 g/mol. The molecule has 1 aromatic rings. The van der Waals surface area contributed by atoms with E-state index in [4.69, 9.17) is 5.73 Å². The van der Waals surface area contributed by atoms with Crippen LogP contribution < -0.4 is 10.6 Å². The zero-order valence-electron chi connectivity index (χ0n) is 10.6. The van der Waals surface area contributed by atoms with Crippen molar-refractivity contribution in [3.05, 3.63) is 5.69 Å². The molecule has 2 N–H and O–H groups in total.